The largest absolute Gasteiger partial charge is 0.459 e. The molecule has 0 N–H and O–H groups in total. The number of oxazole rings is 1. The number of hydrogen-bond donors (Lipinski definition) is 0. The highest BCUT2D eigenvalue weighted by Crippen LogP contribution is 2.35. The van der Waals surface area contributed by atoms with Gasteiger partial charge < -0.3 is 18.6 Å². The summed E-state index contributed by atoms with van der Waals surface area (Å²) in [6.45, 7) is 0.673. The van der Waals surface area contributed by atoms with Crippen molar-refractivity contribution >= 4 is 22.7 Å². The molecular formula is C24H23N3O3. The lowest BCUT2D eigenvalue weighted by Gasteiger charge is -2.20. The van der Waals surface area contributed by atoms with E-state index >= 15 is 0 Å². The summed E-state index contributed by atoms with van der Waals surface area (Å²) in [5, 5.41) is 0. The van der Waals surface area contributed by atoms with E-state index < -0.39 is 0 Å². The highest BCUT2D eigenvalue weighted by Gasteiger charge is 2.35. The molecule has 30 heavy (non-hydrogen) atoms. The van der Waals surface area contributed by atoms with Crippen molar-refractivity contribution in [1.29, 1.82) is 0 Å². The fourth-order valence-corrected chi connectivity index (χ4v) is 4.03. The van der Waals surface area contributed by atoms with Gasteiger partial charge in [-0.05, 0) is 60.4 Å². The average molecular weight is 401 g/mol. The SMILES string of the molecule is CN(C)c1ccc(-c2ccc3oc([C@@H]4CCCN4C(=O)c4ccco4)nc3c2)cc1. The van der Waals surface area contributed by atoms with Gasteiger partial charge in [-0.1, -0.05) is 18.2 Å². The van der Waals surface area contributed by atoms with E-state index in [1.54, 1.807) is 17.0 Å². The number of carbonyl (C=O) groups excluding carboxylic acids is 1. The maximum absolute atomic E-state index is 12.8. The van der Waals surface area contributed by atoms with E-state index in [-0.39, 0.29) is 11.9 Å². The first-order chi connectivity index (χ1) is 14.6. The van der Waals surface area contributed by atoms with Gasteiger partial charge in [0.25, 0.3) is 5.91 Å². The fraction of sp³-hybridized carbons (Fsp3) is 0.250. The summed E-state index contributed by atoms with van der Waals surface area (Å²) in [7, 11) is 4.06. The van der Waals surface area contributed by atoms with E-state index in [4.69, 9.17) is 13.8 Å². The van der Waals surface area contributed by atoms with E-state index in [9.17, 15) is 4.79 Å². The van der Waals surface area contributed by atoms with Crippen LogP contribution < -0.4 is 4.90 Å². The number of likely N-dealkylation sites (tertiary alicyclic amines) is 1. The maximum atomic E-state index is 12.8. The molecule has 2 aromatic carbocycles. The van der Waals surface area contributed by atoms with E-state index in [0.717, 1.165) is 40.8 Å². The van der Waals surface area contributed by atoms with Crippen molar-refractivity contribution in [1.82, 2.24) is 9.88 Å². The first-order valence-corrected chi connectivity index (χ1v) is 10.1. The lowest BCUT2D eigenvalue weighted by atomic mass is 10.0. The number of aromatic nitrogens is 1. The molecule has 1 atom stereocenters. The van der Waals surface area contributed by atoms with E-state index in [2.05, 4.69) is 29.2 Å². The summed E-state index contributed by atoms with van der Waals surface area (Å²) in [6.07, 6.45) is 3.27. The summed E-state index contributed by atoms with van der Waals surface area (Å²) >= 11 is 0. The van der Waals surface area contributed by atoms with Crippen molar-refractivity contribution in [2.24, 2.45) is 0 Å². The number of anilines is 1. The molecule has 1 amide bonds. The maximum Gasteiger partial charge on any atom is 0.290 e. The van der Waals surface area contributed by atoms with Gasteiger partial charge in [0.05, 0.1) is 6.26 Å². The van der Waals surface area contributed by atoms with Gasteiger partial charge in [-0.2, -0.15) is 0 Å². The molecule has 0 radical (unpaired) electrons. The third-order valence-corrected chi connectivity index (χ3v) is 5.65. The van der Waals surface area contributed by atoms with Gasteiger partial charge >= 0.3 is 0 Å². The lowest BCUT2D eigenvalue weighted by molar-refractivity contribution is 0.0684. The van der Waals surface area contributed by atoms with Crippen molar-refractivity contribution in [3.05, 3.63) is 72.5 Å². The minimum atomic E-state index is -0.169. The Hall–Kier alpha value is -3.54. The van der Waals surface area contributed by atoms with E-state index in [0.29, 0.717) is 18.2 Å². The molecule has 1 aliphatic rings. The standard InChI is InChI=1S/C24H23N3O3/c1-26(2)18-10-7-16(8-11-18)17-9-12-21-19(15-17)25-23(30-21)20-5-3-13-27(20)24(28)22-6-4-14-29-22/h4,6-12,14-15,20H,3,5,13H2,1-2H3/t20-/m0/s1. The third-order valence-electron chi connectivity index (χ3n) is 5.65. The number of rotatable bonds is 4. The van der Waals surface area contributed by atoms with Gasteiger partial charge in [0.2, 0.25) is 5.89 Å². The Bertz CT molecular complexity index is 1180. The molecule has 152 valence electrons. The lowest BCUT2D eigenvalue weighted by Crippen LogP contribution is -2.30. The number of hydrogen-bond acceptors (Lipinski definition) is 5. The van der Waals surface area contributed by atoms with E-state index in [1.807, 2.05) is 32.3 Å². The zero-order valence-electron chi connectivity index (χ0n) is 17.0. The molecule has 0 spiro atoms. The molecule has 0 unspecified atom stereocenters. The van der Waals surface area contributed by atoms with Crippen LogP contribution in [0.25, 0.3) is 22.2 Å². The highest BCUT2D eigenvalue weighted by atomic mass is 16.4. The van der Waals surface area contributed by atoms with E-state index in [1.165, 1.54) is 6.26 Å². The molecule has 0 saturated carbocycles. The Labute approximate surface area is 174 Å². The second-order valence-electron chi connectivity index (χ2n) is 7.81. The molecule has 5 rings (SSSR count). The van der Waals surface area contributed by atoms with Crippen LogP contribution in [-0.2, 0) is 0 Å². The molecule has 3 heterocycles. The van der Waals surface area contributed by atoms with Crippen LogP contribution in [0, 0.1) is 0 Å². The Morgan fingerprint density at radius 2 is 1.90 bits per heavy atom. The number of carbonyl (C=O) groups is 1. The number of furan rings is 1. The molecule has 1 fully saturated rings. The highest BCUT2D eigenvalue weighted by molar-refractivity contribution is 5.92. The Kier molecular flexibility index (Phi) is 4.54. The Balaban J connectivity index is 1.44. The molecule has 4 aromatic rings. The third kappa shape index (κ3) is 3.24. The number of benzene rings is 2. The van der Waals surface area contributed by atoms with Crippen LogP contribution in [0.15, 0.2) is 69.7 Å². The Morgan fingerprint density at radius 1 is 1.10 bits per heavy atom. The fourth-order valence-electron chi connectivity index (χ4n) is 4.03. The van der Waals surface area contributed by atoms with Crippen LogP contribution in [-0.4, -0.2) is 36.4 Å². The van der Waals surface area contributed by atoms with Gasteiger partial charge in [0, 0.05) is 26.3 Å². The molecule has 6 nitrogen and oxygen atoms in total. The van der Waals surface area contributed by atoms with Gasteiger partial charge in [0.1, 0.15) is 11.6 Å². The van der Waals surface area contributed by atoms with Crippen LogP contribution in [0.4, 0.5) is 5.69 Å². The topological polar surface area (TPSA) is 62.7 Å². The van der Waals surface area contributed by atoms with Crippen molar-refractivity contribution in [3.8, 4) is 11.1 Å². The van der Waals surface area contributed by atoms with Crippen LogP contribution >= 0.6 is 0 Å². The smallest absolute Gasteiger partial charge is 0.290 e. The normalized spacial score (nSPS) is 16.3. The first-order valence-electron chi connectivity index (χ1n) is 10.1. The molecule has 1 saturated heterocycles. The van der Waals surface area contributed by atoms with Crippen LogP contribution in [0.5, 0.6) is 0 Å². The summed E-state index contributed by atoms with van der Waals surface area (Å²) in [6, 6.07) is 17.7. The zero-order valence-corrected chi connectivity index (χ0v) is 17.0. The average Bonchev–Trinajstić information content (AvgIpc) is 3.52. The number of nitrogens with zero attached hydrogens (tertiary/aromatic N) is 3. The summed E-state index contributed by atoms with van der Waals surface area (Å²) in [5.74, 6) is 0.815. The molecular weight excluding hydrogens is 378 g/mol. The quantitative estimate of drug-likeness (QED) is 0.474. The monoisotopic (exact) mass is 401 g/mol. The van der Waals surface area contributed by atoms with Crippen LogP contribution in [0.2, 0.25) is 0 Å². The first kappa shape index (κ1) is 18.5. The predicted molar refractivity (Wildman–Crippen MR) is 115 cm³/mol. The Morgan fingerprint density at radius 3 is 2.63 bits per heavy atom. The molecule has 2 aromatic heterocycles. The summed E-state index contributed by atoms with van der Waals surface area (Å²) in [5.41, 5.74) is 4.91. The predicted octanol–water partition coefficient (Wildman–Crippen LogP) is 5.13. The van der Waals surface area contributed by atoms with Crippen molar-refractivity contribution in [3.63, 3.8) is 0 Å². The van der Waals surface area contributed by atoms with Crippen molar-refractivity contribution in [2.75, 3.05) is 25.5 Å². The molecule has 0 bridgehead atoms. The van der Waals surface area contributed by atoms with Crippen LogP contribution in [0.1, 0.15) is 35.3 Å². The summed E-state index contributed by atoms with van der Waals surface area (Å²) < 4.78 is 11.3. The zero-order chi connectivity index (χ0) is 20.7. The van der Waals surface area contributed by atoms with Gasteiger partial charge in [-0.25, -0.2) is 4.98 Å². The summed E-state index contributed by atoms with van der Waals surface area (Å²) in [4.78, 5) is 21.4. The van der Waals surface area contributed by atoms with Gasteiger partial charge in [-0.3, -0.25) is 4.79 Å². The van der Waals surface area contributed by atoms with Gasteiger partial charge in [-0.15, -0.1) is 0 Å². The van der Waals surface area contributed by atoms with Crippen LogP contribution in [0.3, 0.4) is 0 Å². The number of fused-ring (bicyclic) bond motifs is 1. The van der Waals surface area contributed by atoms with Crippen molar-refractivity contribution in [2.45, 2.75) is 18.9 Å². The second-order valence-corrected chi connectivity index (χ2v) is 7.81. The number of amides is 1. The molecule has 6 heteroatoms. The molecule has 1 aliphatic heterocycles. The minimum Gasteiger partial charge on any atom is -0.459 e. The molecule has 0 aliphatic carbocycles. The van der Waals surface area contributed by atoms with Gasteiger partial charge in [0.15, 0.2) is 11.3 Å². The minimum absolute atomic E-state index is 0.119. The van der Waals surface area contributed by atoms with Crippen molar-refractivity contribution < 1.29 is 13.6 Å². The second kappa shape index (κ2) is 7.37.